The van der Waals surface area contributed by atoms with Gasteiger partial charge < -0.3 is 11.1 Å². The topological polar surface area (TPSA) is 55.1 Å². The van der Waals surface area contributed by atoms with E-state index in [-0.39, 0.29) is 30.3 Å². The van der Waals surface area contributed by atoms with E-state index in [1.54, 1.807) is 0 Å². The van der Waals surface area contributed by atoms with E-state index in [0.29, 0.717) is 6.42 Å². The molecular weight excluding hydrogens is 233 g/mol. The van der Waals surface area contributed by atoms with Gasteiger partial charge in [-0.25, -0.2) is 0 Å². The molecule has 1 amide bonds. The molecule has 3 atom stereocenters. The highest BCUT2D eigenvalue weighted by atomic mass is 19.4. The highest BCUT2D eigenvalue weighted by molar-refractivity contribution is 5.79. The first-order valence-electron chi connectivity index (χ1n) is 5.89. The van der Waals surface area contributed by atoms with Crippen molar-refractivity contribution in [1.29, 1.82) is 0 Å². The quantitative estimate of drug-likeness (QED) is 0.805. The van der Waals surface area contributed by atoms with Crippen molar-refractivity contribution in [3.8, 4) is 0 Å². The summed E-state index contributed by atoms with van der Waals surface area (Å²) in [5.41, 5.74) is 5.76. The van der Waals surface area contributed by atoms with Crippen LogP contribution in [0.25, 0.3) is 0 Å². The molecule has 3 unspecified atom stereocenters. The zero-order chi connectivity index (χ0) is 13.1. The first-order chi connectivity index (χ1) is 7.79. The number of hydrogen-bond donors (Lipinski definition) is 2. The first kappa shape index (κ1) is 14.3. The molecule has 0 saturated heterocycles. The summed E-state index contributed by atoms with van der Waals surface area (Å²) in [7, 11) is 0. The molecular formula is C11H19F3N2O. The van der Waals surface area contributed by atoms with Crippen LogP contribution in [0.1, 0.15) is 32.6 Å². The number of nitrogens with one attached hydrogen (secondary N) is 1. The van der Waals surface area contributed by atoms with Crippen LogP contribution < -0.4 is 11.1 Å². The summed E-state index contributed by atoms with van der Waals surface area (Å²) >= 11 is 0. The summed E-state index contributed by atoms with van der Waals surface area (Å²) in [5.74, 6) is -0.318. The summed E-state index contributed by atoms with van der Waals surface area (Å²) in [6.07, 6.45) is -2.99. The Labute approximate surface area is 98.9 Å². The lowest BCUT2D eigenvalue weighted by molar-refractivity contribution is -0.137. The Morgan fingerprint density at radius 2 is 2.06 bits per heavy atom. The second-order valence-corrected chi connectivity index (χ2v) is 4.81. The number of hydrogen-bond acceptors (Lipinski definition) is 2. The third-order valence-electron chi connectivity index (χ3n) is 3.25. The van der Waals surface area contributed by atoms with Gasteiger partial charge in [-0.3, -0.25) is 4.79 Å². The van der Waals surface area contributed by atoms with Crippen LogP contribution in [0, 0.1) is 11.8 Å². The fourth-order valence-corrected chi connectivity index (χ4v) is 2.29. The van der Waals surface area contributed by atoms with E-state index in [4.69, 9.17) is 5.73 Å². The Morgan fingerprint density at radius 1 is 1.41 bits per heavy atom. The first-order valence-corrected chi connectivity index (χ1v) is 5.89. The third-order valence-corrected chi connectivity index (χ3v) is 3.25. The Kier molecular flexibility index (Phi) is 4.80. The third kappa shape index (κ3) is 4.93. The minimum absolute atomic E-state index is 0.115. The van der Waals surface area contributed by atoms with Gasteiger partial charge in [-0.1, -0.05) is 6.92 Å². The monoisotopic (exact) mass is 252 g/mol. The Hall–Kier alpha value is -0.780. The van der Waals surface area contributed by atoms with Crippen molar-refractivity contribution in [2.75, 3.05) is 6.54 Å². The van der Waals surface area contributed by atoms with Gasteiger partial charge >= 0.3 is 6.18 Å². The molecule has 6 heteroatoms. The van der Waals surface area contributed by atoms with Crippen molar-refractivity contribution < 1.29 is 18.0 Å². The molecule has 0 aromatic heterocycles. The van der Waals surface area contributed by atoms with Gasteiger partial charge in [0.25, 0.3) is 0 Å². The van der Waals surface area contributed by atoms with Crippen LogP contribution in [0.5, 0.6) is 0 Å². The minimum atomic E-state index is -4.21. The summed E-state index contributed by atoms with van der Waals surface area (Å²) in [4.78, 5) is 11.7. The maximum absolute atomic E-state index is 11.9. The number of rotatable bonds is 3. The maximum atomic E-state index is 11.9. The van der Waals surface area contributed by atoms with Crippen LogP contribution >= 0.6 is 0 Å². The number of amides is 1. The molecule has 3 nitrogen and oxygen atoms in total. The SMILES string of the molecule is CC1CC(N)CCC1C(=O)NCCC(F)(F)F. The van der Waals surface area contributed by atoms with E-state index >= 15 is 0 Å². The van der Waals surface area contributed by atoms with Crippen LogP contribution in [-0.2, 0) is 4.79 Å². The second kappa shape index (κ2) is 5.71. The van der Waals surface area contributed by atoms with Gasteiger partial charge in [-0.15, -0.1) is 0 Å². The number of nitrogens with two attached hydrogens (primary N) is 1. The van der Waals surface area contributed by atoms with E-state index in [1.165, 1.54) is 0 Å². The normalized spacial score (nSPS) is 30.1. The predicted octanol–water partition coefficient (Wildman–Crippen LogP) is 1.82. The zero-order valence-electron chi connectivity index (χ0n) is 9.89. The molecule has 0 aromatic carbocycles. The molecule has 1 saturated carbocycles. The Morgan fingerprint density at radius 3 is 2.59 bits per heavy atom. The molecule has 100 valence electrons. The van der Waals surface area contributed by atoms with Gasteiger partial charge in [0.05, 0.1) is 6.42 Å². The standard InChI is InChI=1S/C11H19F3N2O/c1-7-6-8(15)2-3-9(7)10(17)16-5-4-11(12,13)14/h7-9H,2-6,15H2,1H3,(H,16,17). The highest BCUT2D eigenvalue weighted by Gasteiger charge is 2.32. The summed E-state index contributed by atoms with van der Waals surface area (Å²) in [6, 6.07) is 0.115. The van der Waals surface area contributed by atoms with Crippen molar-refractivity contribution in [2.45, 2.75) is 44.8 Å². The van der Waals surface area contributed by atoms with E-state index < -0.39 is 12.6 Å². The molecule has 0 aromatic rings. The van der Waals surface area contributed by atoms with Gasteiger partial charge in [0.1, 0.15) is 0 Å². The van der Waals surface area contributed by atoms with Crippen LogP contribution in [0.15, 0.2) is 0 Å². The van der Waals surface area contributed by atoms with Crippen molar-refractivity contribution in [3.05, 3.63) is 0 Å². The van der Waals surface area contributed by atoms with Crippen molar-refractivity contribution in [1.82, 2.24) is 5.32 Å². The smallest absolute Gasteiger partial charge is 0.356 e. The average molecular weight is 252 g/mol. The predicted molar refractivity (Wildman–Crippen MR) is 58.2 cm³/mol. The van der Waals surface area contributed by atoms with Gasteiger partial charge in [0.15, 0.2) is 0 Å². The molecule has 0 spiro atoms. The fraction of sp³-hybridized carbons (Fsp3) is 0.909. The minimum Gasteiger partial charge on any atom is -0.356 e. The molecule has 1 rings (SSSR count). The maximum Gasteiger partial charge on any atom is 0.390 e. The van der Waals surface area contributed by atoms with Gasteiger partial charge in [-0.2, -0.15) is 13.2 Å². The molecule has 0 aliphatic heterocycles. The lowest BCUT2D eigenvalue weighted by Crippen LogP contribution is -2.41. The van der Waals surface area contributed by atoms with Crippen LogP contribution in [-0.4, -0.2) is 24.7 Å². The second-order valence-electron chi connectivity index (χ2n) is 4.81. The van der Waals surface area contributed by atoms with Crippen molar-refractivity contribution >= 4 is 5.91 Å². The van der Waals surface area contributed by atoms with E-state index in [9.17, 15) is 18.0 Å². The molecule has 17 heavy (non-hydrogen) atoms. The summed E-state index contributed by atoms with van der Waals surface area (Å²) < 4.78 is 35.7. The number of carbonyl (C=O) groups is 1. The lowest BCUT2D eigenvalue weighted by Gasteiger charge is -2.31. The van der Waals surface area contributed by atoms with Crippen molar-refractivity contribution in [3.63, 3.8) is 0 Å². The van der Waals surface area contributed by atoms with Gasteiger partial charge in [0.2, 0.25) is 5.91 Å². The van der Waals surface area contributed by atoms with Crippen LogP contribution in [0.2, 0.25) is 0 Å². The lowest BCUT2D eigenvalue weighted by atomic mass is 9.78. The zero-order valence-corrected chi connectivity index (χ0v) is 9.89. The van der Waals surface area contributed by atoms with E-state index in [1.807, 2.05) is 6.92 Å². The Balaban J connectivity index is 2.32. The molecule has 1 aliphatic rings. The van der Waals surface area contributed by atoms with Crippen LogP contribution in [0.3, 0.4) is 0 Å². The number of carbonyl (C=O) groups excluding carboxylic acids is 1. The number of alkyl halides is 3. The van der Waals surface area contributed by atoms with E-state index in [2.05, 4.69) is 5.32 Å². The van der Waals surface area contributed by atoms with E-state index in [0.717, 1.165) is 12.8 Å². The molecule has 0 heterocycles. The molecule has 3 N–H and O–H groups in total. The molecule has 1 fully saturated rings. The highest BCUT2D eigenvalue weighted by Crippen LogP contribution is 2.29. The fourth-order valence-electron chi connectivity index (χ4n) is 2.29. The Bertz CT molecular complexity index is 268. The van der Waals surface area contributed by atoms with Gasteiger partial charge in [0, 0.05) is 18.5 Å². The summed E-state index contributed by atoms with van der Waals surface area (Å²) in [5, 5.41) is 2.35. The largest absolute Gasteiger partial charge is 0.390 e. The van der Waals surface area contributed by atoms with Crippen LogP contribution in [0.4, 0.5) is 13.2 Å². The molecule has 0 bridgehead atoms. The average Bonchev–Trinajstić information content (AvgIpc) is 2.15. The molecule has 0 radical (unpaired) electrons. The van der Waals surface area contributed by atoms with Gasteiger partial charge in [-0.05, 0) is 25.2 Å². The molecule has 1 aliphatic carbocycles. The summed E-state index contributed by atoms with van der Waals surface area (Å²) in [6.45, 7) is 1.59. The number of halogens is 3. The van der Waals surface area contributed by atoms with Crippen molar-refractivity contribution in [2.24, 2.45) is 17.6 Å².